The van der Waals surface area contributed by atoms with Gasteiger partial charge in [0.1, 0.15) is 0 Å². The van der Waals surface area contributed by atoms with Crippen LogP contribution in [0.5, 0.6) is 0 Å². The van der Waals surface area contributed by atoms with Gasteiger partial charge in [-0.15, -0.1) is 0 Å². The molecule has 2 nitrogen and oxygen atoms in total. The molecule has 1 N–H and O–H groups in total. The molecule has 2 unspecified atom stereocenters. The molecule has 2 heteroatoms. The Balaban J connectivity index is 4.19. The van der Waals surface area contributed by atoms with Gasteiger partial charge in [-0.3, -0.25) is 0 Å². The third kappa shape index (κ3) is 4.98. The van der Waals surface area contributed by atoms with E-state index in [-0.39, 0.29) is 0 Å². The molecule has 0 aromatic heterocycles. The predicted molar refractivity (Wildman–Crippen MR) is 69.3 cm³/mol. The number of hydrogen-bond donors (Lipinski definition) is 1. The molecule has 0 aliphatic heterocycles. The molecule has 0 saturated heterocycles. The van der Waals surface area contributed by atoms with Gasteiger partial charge in [0.05, 0.1) is 0 Å². The molecule has 15 heavy (non-hydrogen) atoms. The lowest BCUT2D eigenvalue weighted by Gasteiger charge is -2.37. The zero-order valence-electron chi connectivity index (χ0n) is 11.7. The van der Waals surface area contributed by atoms with E-state index >= 15 is 0 Å². The molecule has 0 fully saturated rings. The largest absolute Gasteiger partial charge is 0.317 e. The Bertz CT molecular complexity index is 166. The minimum absolute atomic E-state index is 0.325. The molecule has 0 spiro atoms. The lowest BCUT2D eigenvalue weighted by atomic mass is 9.84. The SMILES string of the molecule is CCCC(C)N(C)CC(C)(C)C(C)NC. The normalized spacial score (nSPS) is 16.8. The summed E-state index contributed by atoms with van der Waals surface area (Å²) < 4.78 is 0. The van der Waals surface area contributed by atoms with E-state index in [0.29, 0.717) is 17.5 Å². The van der Waals surface area contributed by atoms with Crippen LogP contribution in [0.3, 0.4) is 0 Å². The summed E-state index contributed by atoms with van der Waals surface area (Å²) in [5.41, 5.74) is 0.325. The van der Waals surface area contributed by atoms with E-state index in [4.69, 9.17) is 0 Å². The first kappa shape index (κ1) is 14.9. The Labute approximate surface area is 96.4 Å². The Kier molecular flexibility index (Phi) is 6.46. The highest BCUT2D eigenvalue weighted by atomic mass is 15.1. The van der Waals surface area contributed by atoms with Gasteiger partial charge in [-0.05, 0) is 39.8 Å². The summed E-state index contributed by atoms with van der Waals surface area (Å²) in [6, 6.07) is 1.24. The van der Waals surface area contributed by atoms with E-state index in [0.717, 1.165) is 6.54 Å². The smallest absolute Gasteiger partial charge is 0.00991 e. The number of nitrogens with zero attached hydrogens (tertiary/aromatic N) is 1. The maximum absolute atomic E-state index is 3.35. The fraction of sp³-hybridized carbons (Fsp3) is 1.00. The van der Waals surface area contributed by atoms with Crippen LogP contribution >= 0.6 is 0 Å². The van der Waals surface area contributed by atoms with E-state index in [2.05, 4.69) is 51.9 Å². The molecule has 0 radical (unpaired) electrons. The predicted octanol–water partition coefficient (Wildman–Crippen LogP) is 2.74. The van der Waals surface area contributed by atoms with Gasteiger partial charge in [-0.1, -0.05) is 27.2 Å². The van der Waals surface area contributed by atoms with Crippen LogP contribution in [0, 0.1) is 5.41 Å². The number of nitrogens with one attached hydrogen (secondary N) is 1. The second-order valence-corrected chi connectivity index (χ2v) is 5.55. The molecule has 0 rings (SSSR count). The topological polar surface area (TPSA) is 15.3 Å². The molecule has 0 aliphatic rings. The summed E-state index contributed by atoms with van der Waals surface area (Å²) in [5, 5.41) is 3.35. The average Bonchev–Trinajstić information content (AvgIpc) is 2.16. The summed E-state index contributed by atoms with van der Waals surface area (Å²) in [5.74, 6) is 0. The van der Waals surface area contributed by atoms with Gasteiger partial charge < -0.3 is 10.2 Å². The van der Waals surface area contributed by atoms with E-state index in [1.165, 1.54) is 12.8 Å². The van der Waals surface area contributed by atoms with Crippen molar-refractivity contribution in [2.24, 2.45) is 5.41 Å². The van der Waals surface area contributed by atoms with Gasteiger partial charge in [-0.2, -0.15) is 0 Å². The van der Waals surface area contributed by atoms with Crippen molar-refractivity contribution in [3.8, 4) is 0 Å². The lowest BCUT2D eigenvalue weighted by molar-refractivity contribution is 0.134. The molecule has 0 heterocycles. The fourth-order valence-electron chi connectivity index (χ4n) is 1.96. The Morgan fingerprint density at radius 3 is 2.20 bits per heavy atom. The van der Waals surface area contributed by atoms with Crippen molar-refractivity contribution in [3.05, 3.63) is 0 Å². The van der Waals surface area contributed by atoms with Gasteiger partial charge in [0.25, 0.3) is 0 Å². The van der Waals surface area contributed by atoms with Crippen LogP contribution in [-0.4, -0.2) is 37.6 Å². The molecule has 0 saturated carbocycles. The van der Waals surface area contributed by atoms with Crippen molar-refractivity contribution in [1.82, 2.24) is 10.2 Å². The van der Waals surface area contributed by atoms with Gasteiger partial charge in [-0.25, -0.2) is 0 Å². The van der Waals surface area contributed by atoms with Gasteiger partial charge in [0.15, 0.2) is 0 Å². The van der Waals surface area contributed by atoms with Crippen molar-refractivity contribution in [2.75, 3.05) is 20.6 Å². The first-order chi connectivity index (χ1) is 6.85. The van der Waals surface area contributed by atoms with Crippen LogP contribution in [0.15, 0.2) is 0 Å². The first-order valence-electron chi connectivity index (χ1n) is 6.22. The van der Waals surface area contributed by atoms with Crippen LogP contribution in [-0.2, 0) is 0 Å². The highest BCUT2D eigenvalue weighted by molar-refractivity contribution is 4.83. The van der Waals surface area contributed by atoms with E-state index < -0.39 is 0 Å². The minimum Gasteiger partial charge on any atom is -0.317 e. The summed E-state index contributed by atoms with van der Waals surface area (Å²) in [6.07, 6.45) is 2.56. The monoisotopic (exact) mass is 214 g/mol. The molecule has 0 amide bonds. The van der Waals surface area contributed by atoms with Crippen molar-refractivity contribution in [3.63, 3.8) is 0 Å². The Morgan fingerprint density at radius 2 is 1.80 bits per heavy atom. The minimum atomic E-state index is 0.325. The maximum Gasteiger partial charge on any atom is 0.00991 e. The molecule has 2 atom stereocenters. The van der Waals surface area contributed by atoms with Crippen molar-refractivity contribution >= 4 is 0 Å². The highest BCUT2D eigenvalue weighted by Crippen LogP contribution is 2.22. The zero-order chi connectivity index (χ0) is 12.1. The maximum atomic E-state index is 3.35. The first-order valence-corrected chi connectivity index (χ1v) is 6.22. The second kappa shape index (κ2) is 6.49. The molecular weight excluding hydrogens is 184 g/mol. The highest BCUT2D eigenvalue weighted by Gasteiger charge is 2.27. The summed E-state index contributed by atoms with van der Waals surface area (Å²) in [7, 11) is 4.28. The van der Waals surface area contributed by atoms with Crippen LogP contribution in [0.1, 0.15) is 47.5 Å². The van der Waals surface area contributed by atoms with Crippen LogP contribution in [0.25, 0.3) is 0 Å². The zero-order valence-corrected chi connectivity index (χ0v) is 11.7. The van der Waals surface area contributed by atoms with E-state index in [1.807, 2.05) is 7.05 Å². The Hall–Kier alpha value is -0.0800. The van der Waals surface area contributed by atoms with Gasteiger partial charge in [0.2, 0.25) is 0 Å². The summed E-state index contributed by atoms with van der Waals surface area (Å²) >= 11 is 0. The standard InChI is InChI=1S/C13H30N2/c1-8-9-11(2)15(7)10-13(4,5)12(3)14-6/h11-12,14H,8-10H2,1-7H3. The van der Waals surface area contributed by atoms with Crippen molar-refractivity contribution in [2.45, 2.75) is 59.5 Å². The molecule has 0 aliphatic carbocycles. The summed E-state index contributed by atoms with van der Waals surface area (Å²) in [4.78, 5) is 2.48. The third-order valence-corrected chi connectivity index (χ3v) is 3.72. The third-order valence-electron chi connectivity index (χ3n) is 3.72. The second-order valence-electron chi connectivity index (χ2n) is 5.55. The summed E-state index contributed by atoms with van der Waals surface area (Å²) in [6.45, 7) is 12.7. The van der Waals surface area contributed by atoms with Crippen molar-refractivity contribution in [1.29, 1.82) is 0 Å². The quantitative estimate of drug-likeness (QED) is 0.701. The molecule has 0 aromatic rings. The van der Waals surface area contributed by atoms with E-state index in [1.54, 1.807) is 0 Å². The van der Waals surface area contributed by atoms with Crippen LogP contribution in [0.4, 0.5) is 0 Å². The fourth-order valence-corrected chi connectivity index (χ4v) is 1.96. The number of rotatable bonds is 7. The molecule has 0 aromatic carbocycles. The lowest BCUT2D eigenvalue weighted by Crippen LogP contribution is -2.46. The Morgan fingerprint density at radius 1 is 1.27 bits per heavy atom. The van der Waals surface area contributed by atoms with Gasteiger partial charge in [0, 0.05) is 18.6 Å². The van der Waals surface area contributed by atoms with Gasteiger partial charge >= 0.3 is 0 Å². The van der Waals surface area contributed by atoms with Crippen LogP contribution in [0.2, 0.25) is 0 Å². The van der Waals surface area contributed by atoms with Crippen LogP contribution < -0.4 is 5.32 Å². The molecule has 0 bridgehead atoms. The van der Waals surface area contributed by atoms with Crippen molar-refractivity contribution < 1.29 is 0 Å². The van der Waals surface area contributed by atoms with E-state index in [9.17, 15) is 0 Å². The average molecular weight is 214 g/mol. The number of hydrogen-bond acceptors (Lipinski definition) is 2. The molecular formula is C13H30N2. The molecule has 92 valence electrons.